The van der Waals surface area contributed by atoms with Gasteiger partial charge in [0, 0.05) is 10.8 Å². The molecule has 5 nitrogen and oxygen atoms in total. The average Bonchev–Trinajstić information content (AvgIpc) is 3.28. The zero-order valence-electron chi connectivity index (χ0n) is 20.4. The standard InChI is InChI=1S/C28H28Cl2N4OS/c1-4-23(21-11-6-5-7-12-21)27(35)31-19(3)26-32-33-28(36-17-20-10-8-9-18(2)15-20)34(26)25-14-13-22(29)16-24(25)30/h5-16,19,23H,4,17H2,1-3H3,(H,31,35). The van der Waals surface area contributed by atoms with Crippen molar-refractivity contribution in [1.82, 2.24) is 20.1 Å². The lowest BCUT2D eigenvalue weighted by molar-refractivity contribution is -0.123. The summed E-state index contributed by atoms with van der Waals surface area (Å²) in [5.74, 6) is 1.01. The minimum absolute atomic E-state index is 0.0538. The minimum Gasteiger partial charge on any atom is -0.346 e. The lowest BCUT2D eigenvalue weighted by Gasteiger charge is -2.20. The van der Waals surface area contributed by atoms with Gasteiger partial charge in [0.25, 0.3) is 0 Å². The van der Waals surface area contributed by atoms with E-state index in [4.69, 9.17) is 23.2 Å². The van der Waals surface area contributed by atoms with Gasteiger partial charge in [0.1, 0.15) is 0 Å². The molecular formula is C28H28Cl2N4OS. The van der Waals surface area contributed by atoms with E-state index in [0.29, 0.717) is 33.1 Å². The summed E-state index contributed by atoms with van der Waals surface area (Å²) in [4.78, 5) is 13.3. The fourth-order valence-electron chi connectivity index (χ4n) is 4.13. The smallest absolute Gasteiger partial charge is 0.228 e. The van der Waals surface area contributed by atoms with E-state index in [1.165, 1.54) is 11.1 Å². The summed E-state index contributed by atoms with van der Waals surface area (Å²) in [7, 11) is 0. The predicted molar refractivity (Wildman–Crippen MR) is 148 cm³/mol. The van der Waals surface area contributed by atoms with E-state index in [1.54, 1.807) is 23.9 Å². The Morgan fingerprint density at radius 2 is 1.81 bits per heavy atom. The molecular weight excluding hydrogens is 511 g/mol. The van der Waals surface area contributed by atoms with Crippen molar-refractivity contribution >= 4 is 40.9 Å². The second-order valence-corrected chi connectivity index (χ2v) is 10.4. The fourth-order valence-corrected chi connectivity index (χ4v) is 5.52. The summed E-state index contributed by atoms with van der Waals surface area (Å²) in [6, 6.07) is 23.1. The number of hydrogen-bond donors (Lipinski definition) is 1. The summed E-state index contributed by atoms with van der Waals surface area (Å²) in [6.45, 7) is 6.00. The molecule has 186 valence electrons. The summed E-state index contributed by atoms with van der Waals surface area (Å²) < 4.78 is 1.91. The van der Waals surface area contributed by atoms with Crippen molar-refractivity contribution in [1.29, 1.82) is 0 Å². The zero-order valence-corrected chi connectivity index (χ0v) is 22.7. The highest BCUT2D eigenvalue weighted by Gasteiger charge is 2.25. The van der Waals surface area contributed by atoms with E-state index < -0.39 is 6.04 Å². The first kappa shape index (κ1) is 26.3. The van der Waals surface area contributed by atoms with E-state index in [1.807, 2.05) is 60.9 Å². The Balaban J connectivity index is 1.64. The Morgan fingerprint density at radius 1 is 1.03 bits per heavy atom. The third-order valence-corrected chi connectivity index (χ3v) is 7.47. The highest BCUT2D eigenvalue weighted by Crippen LogP contribution is 2.32. The maximum atomic E-state index is 13.3. The van der Waals surface area contributed by atoms with Crippen molar-refractivity contribution in [3.05, 3.63) is 105 Å². The van der Waals surface area contributed by atoms with Crippen LogP contribution in [0.3, 0.4) is 0 Å². The van der Waals surface area contributed by atoms with Crippen LogP contribution in [0.1, 0.15) is 54.7 Å². The summed E-state index contributed by atoms with van der Waals surface area (Å²) >= 11 is 14.3. The Bertz CT molecular complexity index is 1340. The van der Waals surface area contributed by atoms with Crippen LogP contribution in [-0.2, 0) is 10.5 Å². The maximum absolute atomic E-state index is 13.3. The molecule has 3 aromatic carbocycles. The van der Waals surface area contributed by atoms with Crippen LogP contribution in [0.5, 0.6) is 0 Å². The van der Waals surface area contributed by atoms with Gasteiger partial charge in [-0.3, -0.25) is 9.36 Å². The lowest BCUT2D eigenvalue weighted by Crippen LogP contribution is -2.32. The van der Waals surface area contributed by atoms with E-state index in [9.17, 15) is 4.79 Å². The largest absolute Gasteiger partial charge is 0.346 e. The molecule has 1 N–H and O–H groups in total. The molecule has 2 atom stereocenters. The first-order chi connectivity index (χ1) is 17.4. The van der Waals surface area contributed by atoms with Crippen molar-refractivity contribution < 1.29 is 4.79 Å². The van der Waals surface area contributed by atoms with Crippen LogP contribution in [-0.4, -0.2) is 20.7 Å². The minimum atomic E-state index is -0.400. The first-order valence-electron chi connectivity index (χ1n) is 11.8. The van der Waals surface area contributed by atoms with Crippen LogP contribution in [0, 0.1) is 6.92 Å². The molecule has 0 aliphatic carbocycles. The quantitative estimate of drug-likeness (QED) is 0.223. The van der Waals surface area contributed by atoms with Gasteiger partial charge in [0.05, 0.1) is 22.7 Å². The summed E-state index contributed by atoms with van der Waals surface area (Å²) in [5.41, 5.74) is 4.09. The molecule has 0 aliphatic heterocycles. The number of amides is 1. The number of nitrogens with one attached hydrogen (secondary N) is 1. The number of carbonyl (C=O) groups excluding carboxylic acids is 1. The molecule has 0 saturated heterocycles. The number of halogens is 2. The summed E-state index contributed by atoms with van der Waals surface area (Å²) in [6.07, 6.45) is 0.690. The Hall–Kier alpha value is -2.80. The Morgan fingerprint density at radius 3 is 2.50 bits per heavy atom. The van der Waals surface area contributed by atoms with Gasteiger partial charge in [0.15, 0.2) is 11.0 Å². The molecule has 4 rings (SSSR count). The fraction of sp³-hybridized carbons (Fsp3) is 0.250. The van der Waals surface area contributed by atoms with Gasteiger partial charge in [-0.2, -0.15) is 0 Å². The number of aromatic nitrogens is 3. The van der Waals surface area contributed by atoms with E-state index in [0.717, 1.165) is 11.3 Å². The van der Waals surface area contributed by atoms with Crippen LogP contribution in [0.25, 0.3) is 5.69 Å². The highest BCUT2D eigenvalue weighted by atomic mass is 35.5. The molecule has 1 aromatic heterocycles. The van der Waals surface area contributed by atoms with Gasteiger partial charge in [-0.05, 0) is 49.6 Å². The van der Waals surface area contributed by atoms with Gasteiger partial charge in [0.2, 0.25) is 5.91 Å². The van der Waals surface area contributed by atoms with Gasteiger partial charge in [-0.15, -0.1) is 10.2 Å². The molecule has 0 radical (unpaired) electrons. The molecule has 8 heteroatoms. The third kappa shape index (κ3) is 6.12. The van der Waals surface area contributed by atoms with Crippen molar-refractivity contribution in [2.24, 2.45) is 0 Å². The van der Waals surface area contributed by atoms with Crippen LogP contribution in [0.15, 0.2) is 78.0 Å². The Kier molecular flexibility index (Phi) is 8.72. The van der Waals surface area contributed by atoms with Crippen LogP contribution < -0.4 is 5.32 Å². The molecule has 1 heterocycles. The van der Waals surface area contributed by atoms with Crippen LogP contribution in [0.2, 0.25) is 10.0 Å². The van der Waals surface area contributed by atoms with Crippen molar-refractivity contribution in [2.45, 2.75) is 50.1 Å². The van der Waals surface area contributed by atoms with Gasteiger partial charge >= 0.3 is 0 Å². The van der Waals surface area contributed by atoms with Gasteiger partial charge < -0.3 is 5.32 Å². The number of carbonyl (C=O) groups is 1. The van der Waals surface area contributed by atoms with Gasteiger partial charge in [-0.25, -0.2) is 0 Å². The molecule has 0 spiro atoms. The normalized spacial score (nSPS) is 12.8. The molecule has 0 fully saturated rings. The monoisotopic (exact) mass is 538 g/mol. The van der Waals surface area contributed by atoms with E-state index in [-0.39, 0.29) is 11.8 Å². The maximum Gasteiger partial charge on any atom is 0.228 e. The molecule has 4 aromatic rings. The van der Waals surface area contributed by atoms with Crippen LogP contribution >= 0.6 is 35.0 Å². The molecule has 1 amide bonds. The van der Waals surface area contributed by atoms with Crippen molar-refractivity contribution in [2.75, 3.05) is 0 Å². The average molecular weight is 540 g/mol. The van der Waals surface area contributed by atoms with E-state index >= 15 is 0 Å². The number of nitrogens with zero attached hydrogens (tertiary/aromatic N) is 3. The van der Waals surface area contributed by atoms with E-state index in [2.05, 4.69) is 40.6 Å². The van der Waals surface area contributed by atoms with Crippen molar-refractivity contribution in [3.63, 3.8) is 0 Å². The lowest BCUT2D eigenvalue weighted by atomic mass is 9.95. The van der Waals surface area contributed by atoms with Gasteiger partial charge in [-0.1, -0.05) is 102 Å². The Labute approximate surface area is 226 Å². The summed E-state index contributed by atoms with van der Waals surface area (Å²) in [5, 5.41) is 13.8. The number of aryl methyl sites for hydroxylation is 1. The second kappa shape index (κ2) is 12.0. The zero-order chi connectivity index (χ0) is 25.7. The molecule has 0 saturated carbocycles. The second-order valence-electron chi connectivity index (χ2n) is 8.65. The molecule has 0 bridgehead atoms. The number of benzene rings is 3. The topological polar surface area (TPSA) is 59.8 Å². The first-order valence-corrected chi connectivity index (χ1v) is 13.6. The number of thioether (sulfide) groups is 1. The molecule has 0 aliphatic rings. The molecule has 2 unspecified atom stereocenters. The third-order valence-electron chi connectivity index (χ3n) is 5.93. The highest BCUT2D eigenvalue weighted by molar-refractivity contribution is 7.98. The SMILES string of the molecule is CCC(C(=O)NC(C)c1nnc(SCc2cccc(C)c2)n1-c1ccc(Cl)cc1Cl)c1ccccc1. The number of hydrogen-bond acceptors (Lipinski definition) is 4. The number of rotatable bonds is 9. The molecule has 36 heavy (non-hydrogen) atoms. The van der Waals surface area contributed by atoms with Crippen molar-refractivity contribution in [3.8, 4) is 5.69 Å². The van der Waals surface area contributed by atoms with Crippen LogP contribution in [0.4, 0.5) is 0 Å². The predicted octanol–water partition coefficient (Wildman–Crippen LogP) is 7.55.